The Morgan fingerprint density at radius 3 is 2.32 bits per heavy atom. The molecule has 0 fully saturated rings. The summed E-state index contributed by atoms with van der Waals surface area (Å²) >= 11 is 0. The van der Waals surface area contributed by atoms with Crippen molar-refractivity contribution in [3.8, 4) is 5.75 Å². The fourth-order valence-electron chi connectivity index (χ4n) is 2.56. The van der Waals surface area contributed by atoms with Gasteiger partial charge in [-0.3, -0.25) is 0 Å². The molecule has 5 heteroatoms. The van der Waals surface area contributed by atoms with Gasteiger partial charge in [-0.1, -0.05) is 36.9 Å². The van der Waals surface area contributed by atoms with E-state index in [9.17, 15) is 15.0 Å². The van der Waals surface area contributed by atoms with Crippen LogP contribution in [0.1, 0.15) is 23.6 Å². The van der Waals surface area contributed by atoms with Gasteiger partial charge in [0.1, 0.15) is 5.75 Å². The van der Waals surface area contributed by atoms with E-state index < -0.39 is 18.4 Å². The van der Waals surface area contributed by atoms with E-state index in [-0.39, 0.29) is 0 Å². The standard InChI is InChI=1S/C17H15NO4/c1-2-15(19)22-12-7-5-6-11(10-12)18-16(20)13-8-3-4-9-14(13)17(18)21/h2-10,16-17,20-21H,1H2. The van der Waals surface area contributed by atoms with Crippen molar-refractivity contribution in [3.05, 3.63) is 72.3 Å². The van der Waals surface area contributed by atoms with Crippen LogP contribution in [0.3, 0.4) is 0 Å². The van der Waals surface area contributed by atoms with Crippen molar-refractivity contribution >= 4 is 11.7 Å². The highest BCUT2D eigenvalue weighted by Crippen LogP contribution is 2.42. The van der Waals surface area contributed by atoms with Gasteiger partial charge in [0.25, 0.3) is 0 Å². The highest BCUT2D eigenvalue weighted by molar-refractivity contribution is 5.83. The summed E-state index contributed by atoms with van der Waals surface area (Å²) in [6, 6.07) is 13.8. The first-order valence-electron chi connectivity index (χ1n) is 6.79. The predicted octanol–water partition coefficient (Wildman–Crippen LogP) is 2.28. The summed E-state index contributed by atoms with van der Waals surface area (Å²) in [5.41, 5.74) is 1.86. The summed E-state index contributed by atoms with van der Waals surface area (Å²) < 4.78 is 5.06. The number of rotatable bonds is 3. The molecule has 1 heterocycles. The number of fused-ring (bicyclic) bond motifs is 1. The van der Waals surface area contributed by atoms with E-state index in [4.69, 9.17) is 4.74 Å². The SMILES string of the molecule is C=CC(=O)Oc1cccc(N2C(O)c3ccccc3C2O)c1. The third-order valence-electron chi connectivity index (χ3n) is 3.58. The lowest BCUT2D eigenvalue weighted by Crippen LogP contribution is -2.25. The zero-order valence-electron chi connectivity index (χ0n) is 11.7. The average Bonchev–Trinajstić information content (AvgIpc) is 2.79. The Balaban J connectivity index is 1.94. The van der Waals surface area contributed by atoms with Gasteiger partial charge in [0, 0.05) is 29.0 Å². The van der Waals surface area contributed by atoms with Crippen molar-refractivity contribution in [1.82, 2.24) is 0 Å². The van der Waals surface area contributed by atoms with Crippen molar-refractivity contribution in [2.45, 2.75) is 12.5 Å². The van der Waals surface area contributed by atoms with Crippen LogP contribution in [0.25, 0.3) is 0 Å². The molecular weight excluding hydrogens is 282 g/mol. The maximum atomic E-state index is 11.3. The third kappa shape index (κ3) is 2.36. The number of ether oxygens (including phenoxy) is 1. The molecule has 0 saturated carbocycles. The fourth-order valence-corrected chi connectivity index (χ4v) is 2.56. The Hall–Kier alpha value is -2.63. The van der Waals surface area contributed by atoms with E-state index in [0.717, 1.165) is 6.08 Å². The van der Waals surface area contributed by atoms with Crippen LogP contribution in [0.4, 0.5) is 5.69 Å². The zero-order chi connectivity index (χ0) is 15.7. The highest BCUT2D eigenvalue weighted by Gasteiger charge is 2.36. The largest absolute Gasteiger partial charge is 0.423 e. The first kappa shape index (κ1) is 14.3. The van der Waals surface area contributed by atoms with E-state index in [2.05, 4.69) is 6.58 Å². The Bertz CT molecular complexity index is 699. The topological polar surface area (TPSA) is 70.0 Å². The van der Waals surface area contributed by atoms with E-state index in [1.165, 1.54) is 4.90 Å². The molecular formula is C17H15NO4. The zero-order valence-corrected chi connectivity index (χ0v) is 11.7. The minimum absolute atomic E-state index is 0.317. The average molecular weight is 297 g/mol. The number of hydrogen-bond acceptors (Lipinski definition) is 5. The first-order valence-corrected chi connectivity index (χ1v) is 6.79. The number of nitrogens with zero attached hydrogens (tertiary/aromatic N) is 1. The Morgan fingerprint density at radius 1 is 1.09 bits per heavy atom. The summed E-state index contributed by atoms with van der Waals surface area (Å²) in [6.45, 7) is 3.34. The first-order chi connectivity index (χ1) is 10.6. The van der Waals surface area contributed by atoms with Gasteiger partial charge in [-0.25, -0.2) is 4.79 Å². The summed E-state index contributed by atoms with van der Waals surface area (Å²) in [6.07, 6.45) is -0.852. The second-order valence-corrected chi connectivity index (χ2v) is 4.91. The number of esters is 1. The second-order valence-electron chi connectivity index (χ2n) is 4.91. The van der Waals surface area contributed by atoms with E-state index in [0.29, 0.717) is 22.6 Å². The molecule has 0 spiro atoms. The molecule has 2 N–H and O–H groups in total. The van der Waals surface area contributed by atoms with Crippen LogP contribution in [-0.4, -0.2) is 16.2 Å². The lowest BCUT2D eigenvalue weighted by molar-refractivity contribution is -0.128. The molecule has 2 atom stereocenters. The van der Waals surface area contributed by atoms with Crippen LogP contribution in [-0.2, 0) is 4.79 Å². The van der Waals surface area contributed by atoms with Crippen LogP contribution in [0, 0.1) is 0 Å². The molecule has 2 unspecified atom stereocenters. The summed E-state index contributed by atoms with van der Waals surface area (Å²) in [5.74, 6) is -0.249. The van der Waals surface area contributed by atoms with Crippen molar-refractivity contribution in [2.24, 2.45) is 0 Å². The molecule has 1 aliphatic heterocycles. The van der Waals surface area contributed by atoms with Crippen LogP contribution >= 0.6 is 0 Å². The van der Waals surface area contributed by atoms with Crippen molar-refractivity contribution in [1.29, 1.82) is 0 Å². The van der Waals surface area contributed by atoms with Gasteiger partial charge in [-0.2, -0.15) is 0 Å². The smallest absolute Gasteiger partial charge is 0.335 e. The van der Waals surface area contributed by atoms with Crippen molar-refractivity contribution in [2.75, 3.05) is 4.90 Å². The van der Waals surface area contributed by atoms with Crippen molar-refractivity contribution < 1.29 is 19.7 Å². The minimum Gasteiger partial charge on any atom is -0.423 e. The molecule has 0 amide bonds. The monoisotopic (exact) mass is 297 g/mol. The summed E-state index contributed by atoms with van der Waals surface area (Å²) in [5, 5.41) is 20.9. The molecule has 2 aromatic rings. The molecule has 0 saturated heterocycles. The lowest BCUT2D eigenvalue weighted by atomic mass is 10.1. The number of anilines is 1. The van der Waals surface area contributed by atoms with E-state index >= 15 is 0 Å². The quantitative estimate of drug-likeness (QED) is 0.517. The number of aliphatic hydroxyl groups excluding tert-OH is 2. The summed E-state index contributed by atoms with van der Waals surface area (Å²) in [7, 11) is 0. The molecule has 0 radical (unpaired) electrons. The number of benzene rings is 2. The van der Waals surface area contributed by atoms with Gasteiger partial charge in [0.15, 0.2) is 12.5 Å². The molecule has 0 aliphatic carbocycles. The molecule has 1 aliphatic rings. The maximum Gasteiger partial charge on any atom is 0.335 e. The molecule has 2 aromatic carbocycles. The van der Waals surface area contributed by atoms with Gasteiger partial charge in [-0.15, -0.1) is 0 Å². The van der Waals surface area contributed by atoms with Crippen LogP contribution in [0.5, 0.6) is 5.75 Å². The number of aliphatic hydroxyl groups is 2. The van der Waals surface area contributed by atoms with E-state index in [1.807, 2.05) is 0 Å². The second kappa shape index (κ2) is 5.63. The molecule has 3 rings (SSSR count). The number of carbonyl (C=O) groups is 1. The number of carbonyl (C=O) groups excluding carboxylic acids is 1. The van der Waals surface area contributed by atoms with Crippen LogP contribution in [0.2, 0.25) is 0 Å². The van der Waals surface area contributed by atoms with Gasteiger partial charge < -0.3 is 19.8 Å². The van der Waals surface area contributed by atoms with Gasteiger partial charge in [0.2, 0.25) is 0 Å². The van der Waals surface area contributed by atoms with Gasteiger partial charge in [-0.05, 0) is 12.1 Å². The van der Waals surface area contributed by atoms with Gasteiger partial charge >= 0.3 is 5.97 Å². The predicted molar refractivity (Wildman–Crippen MR) is 81.1 cm³/mol. The normalized spacial score (nSPS) is 19.6. The van der Waals surface area contributed by atoms with Gasteiger partial charge in [0.05, 0.1) is 0 Å². The Morgan fingerprint density at radius 2 is 1.73 bits per heavy atom. The Labute approximate surface area is 127 Å². The maximum absolute atomic E-state index is 11.3. The van der Waals surface area contributed by atoms with Crippen LogP contribution < -0.4 is 9.64 Å². The third-order valence-corrected chi connectivity index (χ3v) is 3.58. The van der Waals surface area contributed by atoms with Crippen molar-refractivity contribution in [3.63, 3.8) is 0 Å². The molecule has 112 valence electrons. The minimum atomic E-state index is -0.962. The molecule has 22 heavy (non-hydrogen) atoms. The molecule has 0 bridgehead atoms. The summed E-state index contributed by atoms with van der Waals surface area (Å²) in [4.78, 5) is 12.7. The van der Waals surface area contributed by atoms with Crippen LogP contribution in [0.15, 0.2) is 61.2 Å². The Kier molecular flexibility index (Phi) is 3.66. The molecule has 5 nitrogen and oxygen atoms in total. The number of hydrogen-bond donors (Lipinski definition) is 2. The highest BCUT2D eigenvalue weighted by atomic mass is 16.5. The van der Waals surface area contributed by atoms with E-state index in [1.54, 1.807) is 48.5 Å². The molecule has 0 aromatic heterocycles. The fraction of sp³-hybridized carbons (Fsp3) is 0.118. The lowest BCUT2D eigenvalue weighted by Gasteiger charge is -2.27.